The summed E-state index contributed by atoms with van der Waals surface area (Å²) < 4.78 is 2.26. The molecule has 7 aromatic rings. The number of rotatable bonds is 6. The van der Waals surface area contributed by atoms with Crippen molar-refractivity contribution in [1.82, 2.24) is 19.5 Å². The number of aromatic nitrogens is 4. The Kier molecular flexibility index (Phi) is 5.83. The normalized spacial score (nSPS) is 11.6. The van der Waals surface area contributed by atoms with E-state index in [0.29, 0.717) is 16.9 Å². The van der Waals surface area contributed by atoms with E-state index in [9.17, 15) is 10.1 Å². The Labute approximate surface area is 235 Å². The lowest BCUT2D eigenvalue weighted by Gasteiger charge is -2.38. The van der Waals surface area contributed by atoms with Gasteiger partial charge in [-0.2, -0.15) is 0 Å². The van der Waals surface area contributed by atoms with Gasteiger partial charge in [0.15, 0.2) is 0 Å². The molecule has 0 bridgehead atoms. The quantitative estimate of drug-likeness (QED) is 0.126. The van der Waals surface area contributed by atoms with E-state index in [-0.39, 0.29) is 5.69 Å². The summed E-state index contributed by atoms with van der Waals surface area (Å²) in [6.07, 6.45) is 6.57. The maximum atomic E-state index is 11.9. The number of fused-ring (bicyclic) bond motifs is 3. The van der Waals surface area contributed by atoms with Gasteiger partial charge < -0.3 is 4.57 Å². The first kappa shape index (κ1) is 24.4. The first-order chi connectivity index (χ1) is 20.2. The number of hydrogen-bond donors (Lipinski definition) is 0. The molecule has 0 fully saturated rings. The van der Waals surface area contributed by atoms with E-state index in [0.717, 1.165) is 33.0 Å². The molecule has 7 rings (SSSR count). The zero-order valence-electron chi connectivity index (χ0n) is 21.8. The van der Waals surface area contributed by atoms with Crippen LogP contribution in [-0.4, -0.2) is 24.4 Å². The number of nitro groups is 1. The summed E-state index contributed by atoms with van der Waals surface area (Å²) in [6.45, 7) is 0. The molecule has 0 saturated carbocycles. The fraction of sp³-hybridized carbons (Fsp3) is 0.0294. The SMILES string of the molecule is O=[N+]([O-])c1ccncc1-c1ccc2c3cnccc3n(C(c3ccccc3)(c3ccccc3)c3ccccc3)c2n1. The number of benzene rings is 3. The van der Waals surface area contributed by atoms with E-state index in [2.05, 4.69) is 50.9 Å². The average Bonchev–Trinajstić information content (AvgIpc) is 3.37. The van der Waals surface area contributed by atoms with Crippen molar-refractivity contribution in [3.05, 3.63) is 167 Å². The highest BCUT2D eigenvalue weighted by atomic mass is 16.6. The zero-order valence-corrected chi connectivity index (χ0v) is 21.8. The van der Waals surface area contributed by atoms with Crippen LogP contribution in [0.2, 0.25) is 0 Å². The minimum atomic E-state index is -0.836. The number of hydrogen-bond acceptors (Lipinski definition) is 5. The maximum absolute atomic E-state index is 11.9. The fourth-order valence-electron chi connectivity index (χ4n) is 5.89. The summed E-state index contributed by atoms with van der Waals surface area (Å²) in [7, 11) is 0. The molecule has 4 heterocycles. The summed E-state index contributed by atoms with van der Waals surface area (Å²) in [4.78, 5) is 25.3. The van der Waals surface area contributed by atoms with Crippen molar-refractivity contribution >= 4 is 27.6 Å². The Morgan fingerprint density at radius 2 is 1.20 bits per heavy atom. The van der Waals surface area contributed by atoms with Crippen molar-refractivity contribution in [3.63, 3.8) is 0 Å². The van der Waals surface area contributed by atoms with Crippen LogP contribution in [0.3, 0.4) is 0 Å². The first-order valence-electron chi connectivity index (χ1n) is 13.2. The molecule has 0 aliphatic heterocycles. The number of pyridine rings is 3. The molecule has 3 aromatic carbocycles. The van der Waals surface area contributed by atoms with Crippen LogP contribution in [0.1, 0.15) is 16.7 Å². The molecule has 0 aliphatic carbocycles. The number of nitrogens with zero attached hydrogens (tertiary/aromatic N) is 5. The van der Waals surface area contributed by atoms with Crippen LogP contribution in [0.4, 0.5) is 5.69 Å². The van der Waals surface area contributed by atoms with Crippen LogP contribution in [-0.2, 0) is 5.54 Å². The van der Waals surface area contributed by atoms with Crippen molar-refractivity contribution < 1.29 is 4.92 Å². The molecule has 0 aliphatic rings. The second kappa shape index (κ2) is 9.81. The van der Waals surface area contributed by atoms with Gasteiger partial charge in [-0.05, 0) is 34.9 Å². The van der Waals surface area contributed by atoms with E-state index in [1.807, 2.05) is 79.0 Å². The van der Waals surface area contributed by atoms with Crippen molar-refractivity contribution in [1.29, 1.82) is 0 Å². The highest BCUT2D eigenvalue weighted by Crippen LogP contribution is 2.46. The molecule has 7 heteroatoms. The molecule has 0 unspecified atom stereocenters. The molecular formula is C34H23N5O2. The van der Waals surface area contributed by atoms with Crippen molar-refractivity contribution in [2.24, 2.45) is 0 Å². The molecule has 0 saturated heterocycles. The minimum absolute atomic E-state index is 0.0448. The first-order valence-corrected chi connectivity index (χ1v) is 13.2. The Morgan fingerprint density at radius 1 is 0.634 bits per heavy atom. The highest BCUT2D eigenvalue weighted by molar-refractivity contribution is 6.07. The monoisotopic (exact) mass is 533 g/mol. The van der Waals surface area contributed by atoms with E-state index in [4.69, 9.17) is 4.98 Å². The van der Waals surface area contributed by atoms with Crippen molar-refractivity contribution in [2.75, 3.05) is 0 Å². The van der Waals surface area contributed by atoms with Crippen LogP contribution in [0, 0.1) is 10.1 Å². The molecule has 196 valence electrons. The van der Waals surface area contributed by atoms with Gasteiger partial charge in [0.2, 0.25) is 0 Å². The van der Waals surface area contributed by atoms with Crippen LogP contribution in [0.15, 0.2) is 140 Å². The Bertz CT molecular complexity index is 1930. The lowest BCUT2D eigenvalue weighted by Crippen LogP contribution is -2.37. The predicted octanol–water partition coefficient (Wildman–Crippen LogP) is 7.39. The minimum Gasteiger partial charge on any atom is -0.307 e. The van der Waals surface area contributed by atoms with Gasteiger partial charge >= 0.3 is 0 Å². The molecule has 0 amide bonds. The molecule has 0 N–H and O–H groups in total. The summed E-state index contributed by atoms with van der Waals surface area (Å²) in [5.41, 5.74) is 4.72. The van der Waals surface area contributed by atoms with E-state index >= 15 is 0 Å². The van der Waals surface area contributed by atoms with Crippen LogP contribution in [0.25, 0.3) is 33.2 Å². The van der Waals surface area contributed by atoms with Gasteiger partial charge in [-0.1, -0.05) is 91.0 Å². The molecule has 0 spiro atoms. The van der Waals surface area contributed by atoms with Gasteiger partial charge in [0.25, 0.3) is 5.69 Å². The largest absolute Gasteiger partial charge is 0.307 e. The topological polar surface area (TPSA) is 86.7 Å². The van der Waals surface area contributed by atoms with Gasteiger partial charge in [-0.15, -0.1) is 0 Å². The highest BCUT2D eigenvalue weighted by Gasteiger charge is 2.41. The lowest BCUT2D eigenvalue weighted by molar-refractivity contribution is -0.384. The van der Waals surface area contributed by atoms with E-state index < -0.39 is 10.5 Å². The molecule has 4 aromatic heterocycles. The van der Waals surface area contributed by atoms with E-state index in [1.54, 1.807) is 6.20 Å². The molecule has 41 heavy (non-hydrogen) atoms. The zero-order chi connectivity index (χ0) is 27.8. The third-order valence-corrected chi connectivity index (χ3v) is 7.60. The van der Waals surface area contributed by atoms with Crippen LogP contribution < -0.4 is 0 Å². The summed E-state index contributed by atoms with van der Waals surface area (Å²) in [5, 5.41) is 13.8. The van der Waals surface area contributed by atoms with Gasteiger partial charge in [0, 0.05) is 41.6 Å². The van der Waals surface area contributed by atoms with Crippen LogP contribution >= 0.6 is 0 Å². The van der Waals surface area contributed by atoms with Crippen molar-refractivity contribution in [2.45, 2.75) is 5.54 Å². The Balaban J connectivity index is 1.69. The summed E-state index contributed by atoms with van der Waals surface area (Å²) in [6, 6.07) is 38.3. The smallest absolute Gasteiger partial charge is 0.281 e. The predicted molar refractivity (Wildman–Crippen MR) is 160 cm³/mol. The third-order valence-electron chi connectivity index (χ3n) is 7.60. The van der Waals surface area contributed by atoms with Crippen molar-refractivity contribution in [3.8, 4) is 11.3 Å². The standard InChI is InChI=1S/C34H23N5O2/c40-39(41)32-19-21-36-23-29(32)30-17-16-27-28-22-35-20-18-31(28)38(33(27)37-30)34(24-10-4-1-5-11-24,25-12-6-2-7-13-25)26-14-8-3-9-15-26/h1-23H. The Hall–Kier alpha value is -5.69. The van der Waals surface area contributed by atoms with E-state index in [1.165, 1.54) is 18.5 Å². The Morgan fingerprint density at radius 3 is 1.78 bits per heavy atom. The van der Waals surface area contributed by atoms with Gasteiger partial charge in [-0.3, -0.25) is 20.1 Å². The van der Waals surface area contributed by atoms with Gasteiger partial charge in [0.05, 0.1) is 21.7 Å². The van der Waals surface area contributed by atoms with Gasteiger partial charge in [-0.25, -0.2) is 4.98 Å². The average molecular weight is 534 g/mol. The molecule has 0 atom stereocenters. The maximum Gasteiger partial charge on any atom is 0.281 e. The summed E-state index contributed by atoms with van der Waals surface area (Å²) in [5.74, 6) is 0. The fourth-order valence-corrected chi connectivity index (χ4v) is 5.89. The van der Waals surface area contributed by atoms with Gasteiger partial charge in [0.1, 0.15) is 11.2 Å². The second-order valence-electron chi connectivity index (χ2n) is 9.75. The summed E-state index contributed by atoms with van der Waals surface area (Å²) >= 11 is 0. The lowest BCUT2D eigenvalue weighted by atomic mass is 9.76. The molecule has 7 nitrogen and oxygen atoms in total. The second-order valence-corrected chi connectivity index (χ2v) is 9.75. The molecule has 0 radical (unpaired) electrons. The molecular weight excluding hydrogens is 510 g/mol. The van der Waals surface area contributed by atoms with Crippen LogP contribution in [0.5, 0.6) is 0 Å². The third kappa shape index (κ3) is 3.78.